The lowest BCUT2D eigenvalue weighted by atomic mass is 10.2. The Morgan fingerprint density at radius 3 is 2.33 bits per heavy atom. The summed E-state index contributed by atoms with van der Waals surface area (Å²) in [4.78, 5) is 10.1. The van der Waals surface area contributed by atoms with Crippen LogP contribution in [-0.4, -0.2) is 28.7 Å². The molecular formula is C5H10N3O4-. The maximum absolute atomic E-state index is 10.1. The molecule has 0 aliphatic carbocycles. The zero-order valence-corrected chi connectivity index (χ0v) is 6.32. The third-order valence-corrected chi connectivity index (χ3v) is 1.36. The molecule has 1 aliphatic heterocycles. The van der Waals surface area contributed by atoms with Crippen molar-refractivity contribution in [1.29, 1.82) is 5.53 Å². The Hall–Kier alpha value is -1.37. The normalized spacial score (nSPS) is 20.8. The van der Waals surface area contributed by atoms with Gasteiger partial charge in [0.1, 0.15) is 6.04 Å². The van der Waals surface area contributed by atoms with Crippen LogP contribution < -0.4 is 5.32 Å². The molecule has 1 rings (SSSR count). The van der Waals surface area contributed by atoms with E-state index in [1.54, 1.807) is 0 Å². The molecule has 1 heterocycles. The van der Waals surface area contributed by atoms with Crippen molar-refractivity contribution in [3.63, 3.8) is 0 Å². The van der Waals surface area contributed by atoms with Crippen LogP contribution in [0.2, 0.25) is 0 Å². The van der Waals surface area contributed by atoms with E-state index in [-0.39, 0.29) is 6.04 Å². The lowest BCUT2D eigenvalue weighted by molar-refractivity contribution is -0.482. The molecule has 1 fully saturated rings. The fraction of sp³-hybridized carbons (Fsp3) is 0.800. The smallest absolute Gasteiger partial charge is 0.320 e. The summed E-state index contributed by atoms with van der Waals surface area (Å²) < 4.78 is 0. The zero-order chi connectivity index (χ0) is 9.56. The van der Waals surface area contributed by atoms with Crippen LogP contribution in [0.15, 0.2) is 0 Å². The highest BCUT2D eigenvalue weighted by molar-refractivity contribution is 5.73. The molecule has 0 spiro atoms. The van der Waals surface area contributed by atoms with Gasteiger partial charge in [-0.15, -0.1) is 0 Å². The first-order chi connectivity index (χ1) is 5.54. The summed E-state index contributed by atoms with van der Waals surface area (Å²) in [5, 5.41) is 26.9. The van der Waals surface area contributed by atoms with Crippen molar-refractivity contribution in [2.45, 2.75) is 18.9 Å². The average molecular weight is 176 g/mol. The average Bonchev–Trinajstić information content (AvgIpc) is 2.34. The number of hydrogen-bond acceptors (Lipinski definition) is 5. The summed E-state index contributed by atoms with van der Waals surface area (Å²) in [5.41, 5.74) is 5.31. The molecule has 7 nitrogen and oxygen atoms in total. The summed E-state index contributed by atoms with van der Waals surface area (Å²) in [6.07, 6.45) is 1.78. The standard InChI is InChI=1S/C5H9NO2.HN2O2/c7-5(8)4-2-1-3-6-4;1-2(3)4/h4,6H,1-3H2,(H,7,8);(H-,1,3,4)/q;-1. The fourth-order valence-electron chi connectivity index (χ4n) is 0.895. The molecule has 12 heavy (non-hydrogen) atoms. The monoisotopic (exact) mass is 176 g/mol. The SMILES string of the molecule is N=[N+]([O-])[O-].O=C(O)C1CCCN1. The van der Waals surface area contributed by atoms with E-state index >= 15 is 0 Å². The van der Waals surface area contributed by atoms with E-state index in [1.807, 2.05) is 0 Å². The first-order valence-corrected chi connectivity index (χ1v) is 3.36. The largest absolute Gasteiger partial charge is 0.588 e. The predicted molar refractivity (Wildman–Crippen MR) is 38.4 cm³/mol. The van der Waals surface area contributed by atoms with E-state index in [9.17, 15) is 4.79 Å². The Bertz CT molecular complexity index is 162. The van der Waals surface area contributed by atoms with Crippen LogP contribution in [0.3, 0.4) is 0 Å². The fourth-order valence-corrected chi connectivity index (χ4v) is 0.895. The lowest BCUT2D eigenvalue weighted by Crippen LogP contribution is -2.29. The van der Waals surface area contributed by atoms with Gasteiger partial charge in [0, 0.05) is 0 Å². The van der Waals surface area contributed by atoms with Crippen LogP contribution >= 0.6 is 0 Å². The van der Waals surface area contributed by atoms with Crippen LogP contribution in [0.1, 0.15) is 12.8 Å². The first-order valence-electron chi connectivity index (χ1n) is 3.36. The van der Waals surface area contributed by atoms with Crippen molar-refractivity contribution in [3.8, 4) is 0 Å². The number of carboxylic acid groups (broad SMARTS) is 1. The Labute approximate surface area is 68.6 Å². The molecule has 0 bridgehead atoms. The highest BCUT2D eigenvalue weighted by Crippen LogP contribution is 2.03. The minimum absolute atomic E-state index is 0.269. The number of rotatable bonds is 1. The van der Waals surface area contributed by atoms with Crippen LogP contribution in [-0.2, 0) is 4.79 Å². The van der Waals surface area contributed by atoms with Gasteiger partial charge < -0.3 is 20.8 Å². The second-order valence-corrected chi connectivity index (χ2v) is 2.24. The first kappa shape index (κ1) is 10.6. The summed E-state index contributed by atoms with van der Waals surface area (Å²) >= 11 is 0. The molecule has 0 saturated carbocycles. The highest BCUT2D eigenvalue weighted by Gasteiger charge is 2.20. The van der Waals surface area contributed by atoms with Gasteiger partial charge in [0.2, 0.25) is 0 Å². The Morgan fingerprint density at radius 2 is 2.17 bits per heavy atom. The molecule has 0 amide bonds. The van der Waals surface area contributed by atoms with Crippen molar-refractivity contribution < 1.29 is 14.9 Å². The Morgan fingerprint density at radius 1 is 1.67 bits per heavy atom. The second-order valence-electron chi connectivity index (χ2n) is 2.24. The summed E-state index contributed by atoms with van der Waals surface area (Å²) in [5.74, 6) is -0.720. The summed E-state index contributed by atoms with van der Waals surface area (Å²) in [6, 6.07) is -0.269. The maximum atomic E-state index is 10.1. The van der Waals surface area contributed by atoms with Crippen molar-refractivity contribution >= 4 is 5.97 Å². The molecule has 0 radical (unpaired) electrons. The van der Waals surface area contributed by atoms with E-state index in [2.05, 4.69) is 5.32 Å². The van der Waals surface area contributed by atoms with Gasteiger partial charge in [-0.2, -0.15) is 0 Å². The minimum Gasteiger partial charge on any atom is -0.588 e. The molecule has 0 aromatic carbocycles. The number of hydrogen-bond donors (Lipinski definition) is 3. The van der Waals surface area contributed by atoms with Gasteiger partial charge >= 0.3 is 5.97 Å². The summed E-state index contributed by atoms with van der Waals surface area (Å²) in [7, 11) is 0. The van der Waals surface area contributed by atoms with Gasteiger partial charge in [-0.05, 0) is 24.9 Å². The van der Waals surface area contributed by atoms with E-state index in [1.165, 1.54) is 0 Å². The van der Waals surface area contributed by atoms with E-state index < -0.39 is 11.0 Å². The molecule has 3 N–H and O–H groups in total. The van der Waals surface area contributed by atoms with Crippen LogP contribution in [0, 0.1) is 15.9 Å². The van der Waals surface area contributed by atoms with Gasteiger partial charge in [-0.3, -0.25) is 4.79 Å². The Kier molecular flexibility index (Phi) is 4.70. The zero-order valence-electron chi connectivity index (χ0n) is 6.32. The number of nitrogens with one attached hydrogen (secondary N) is 2. The maximum Gasteiger partial charge on any atom is 0.320 e. The molecule has 1 unspecified atom stereocenters. The number of nitrogens with zero attached hydrogens (tertiary/aromatic N) is 1. The van der Waals surface area contributed by atoms with Crippen molar-refractivity contribution in [2.24, 2.45) is 0 Å². The lowest BCUT2D eigenvalue weighted by Gasteiger charge is -1.99. The third kappa shape index (κ3) is 5.42. The predicted octanol–water partition coefficient (Wildman–Crippen LogP) is -0.152. The molecular weight excluding hydrogens is 166 g/mol. The van der Waals surface area contributed by atoms with Gasteiger partial charge in [0.05, 0.1) is 0 Å². The minimum atomic E-state index is -1.25. The van der Waals surface area contributed by atoms with Gasteiger partial charge in [-0.1, -0.05) is 5.02 Å². The molecule has 0 aromatic heterocycles. The molecule has 1 saturated heterocycles. The van der Waals surface area contributed by atoms with Crippen LogP contribution in [0.25, 0.3) is 0 Å². The molecule has 1 atom stereocenters. The molecule has 70 valence electrons. The van der Waals surface area contributed by atoms with Gasteiger partial charge in [0.15, 0.2) is 0 Å². The molecule has 7 heteroatoms. The van der Waals surface area contributed by atoms with E-state index in [0.29, 0.717) is 0 Å². The van der Waals surface area contributed by atoms with Crippen LogP contribution in [0.5, 0.6) is 0 Å². The second kappa shape index (κ2) is 5.30. The molecule has 0 aromatic rings. The van der Waals surface area contributed by atoms with E-state index in [4.69, 9.17) is 21.1 Å². The van der Waals surface area contributed by atoms with Crippen LogP contribution in [0.4, 0.5) is 0 Å². The number of aliphatic carboxylic acids is 1. The number of carbonyl (C=O) groups is 1. The molecule has 1 aliphatic rings. The quantitative estimate of drug-likeness (QED) is 0.378. The van der Waals surface area contributed by atoms with Crippen molar-refractivity contribution in [2.75, 3.05) is 6.54 Å². The topological polar surface area (TPSA) is 122 Å². The third-order valence-electron chi connectivity index (χ3n) is 1.36. The van der Waals surface area contributed by atoms with Gasteiger partial charge in [0.25, 0.3) is 0 Å². The highest BCUT2D eigenvalue weighted by atomic mass is 16.8. The Balaban J connectivity index is 0.000000261. The van der Waals surface area contributed by atoms with Crippen molar-refractivity contribution in [3.05, 3.63) is 10.4 Å². The van der Waals surface area contributed by atoms with Gasteiger partial charge in [-0.25, -0.2) is 0 Å². The van der Waals surface area contributed by atoms with E-state index in [0.717, 1.165) is 19.4 Å². The summed E-state index contributed by atoms with van der Waals surface area (Å²) in [6.45, 7) is 0.858. The van der Waals surface area contributed by atoms with Crippen molar-refractivity contribution in [1.82, 2.24) is 5.32 Å². The number of carboxylic acids is 1.